The summed E-state index contributed by atoms with van der Waals surface area (Å²) in [5.74, 6) is -0.714. The highest BCUT2D eigenvalue weighted by Gasteiger charge is 2.34. The number of piperidine rings is 2. The van der Waals surface area contributed by atoms with Gasteiger partial charge in [0, 0.05) is 37.2 Å². The molecule has 2 aromatic carbocycles. The molecule has 1 aliphatic carbocycles. The van der Waals surface area contributed by atoms with Crippen LogP contribution >= 0.6 is 0 Å². The predicted octanol–water partition coefficient (Wildman–Crippen LogP) is 7.35. The number of anilines is 1. The number of hydrogen-bond donors (Lipinski definition) is 2. The number of carbonyl (C=O) groups is 3. The molecule has 3 aliphatic rings. The summed E-state index contributed by atoms with van der Waals surface area (Å²) in [7, 11) is 1.74. The molecule has 2 N–H and O–H groups in total. The van der Waals surface area contributed by atoms with Crippen molar-refractivity contribution in [3.8, 4) is 0 Å². The minimum atomic E-state index is -4.77. The maximum atomic E-state index is 14.1. The van der Waals surface area contributed by atoms with Gasteiger partial charge in [0.25, 0.3) is 12.3 Å². The van der Waals surface area contributed by atoms with E-state index in [0.717, 1.165) is 100 Å². The highest BCUT2D eigenvalue weighted by atomic mass is 19.4. The van der Waals surface area contributed by atoms with E-state index in [0.29, 0.717) is 34.7 Å². The fourth-order valence-electron chi connectivity index (χ4n) is 9.21. The normalized spacial score (nSPS) is 21.1. The molecule has 1 saturated carbocycles. The number of carbonyl (C=O) groups excluding carboxylic acids is 3. The summed E-state index contributed by atoms with van der Waals surface area (Å²) >= 11 is 0. The Hall–Kier alpha value is -5.45. The van der Waals surface area contributed by atoms with Crippen molar-refractivity contribution in [3.63, 3.8) is 0 Å². The van der Waals surface area contributed by atoms with Gasteiger partial charge in [0.1, 0.15) is 17.4 Å². The number of aromatic nitrogens is 5. The van der Waals surface area contributed by atoms with Gasteiger partial charge in [-0.1, -0.05) is 18.2 Å². The van der Waals surface area contributed by atoms with Crippen molar-refractivity contribution in [3.05, 3.63) is 87.7 Å². The molecule has 2 saturated heterocycles. The number of imidazole rings is 1. The van der Waals surface area contributed by atoms with Crippen LogP contribution in [-0.2, 0) is 29.2 Å². The molecule has 312 valence electrons. The van der Waals surface area contributed by atoms with Crippen LogP contribution in [0.3, 0.4) is 0 Å². The number of aryl methyl sites for hydroxylation is 2. The number of hydrogen-bond acceptors (Lipinski definition) is 7. The van der Waals surface area contributed by atoms with Gasteiger partial charge in [0.15, 0.2) is 0 Å². The lowest BCUT2D eigenvalue weighted by atomic mass is 9.84. The number of fused-ring (bicyclic) bond motifs is 2. The number of likely N-dealkylation sites (tertiary alicyclic amines) is 1. The van der Waals surface area contributed by atoms with Gasteiger partial charge in [-0.3, -0.25) is 33.5 Å². The summed E-state index contributed by atoms with van der Waals surface area (Å²) in [4.78, 5) is 56.4. The SMILES string of the molecule is Cn1c(=O)n(C2CCC(=O)NC2=O)c2cccc(CCC3CCN(C[C@H]4CC[C@H](n5cc6cc(NC(=O)c7cccc(C(F)(F)F)n7)c(C(F)F)cc6n5)CC4)CC3)c21. The Balaban J connectivity index is 0.837. The third-order valence-electron chi connectivity index (χ3n) is 12.4. The Morgan fingerprint density at radius 2 is 1.69 bits per heavy atom. The zero-order valence-electron chi connectivity index (χ0n) is 32.5. The maximum Gasteiger partial charge on any atom is 0.433 e. The van der Waals surface area contributed by atoms with Crippen LogP contribution in [0.15, 0.2) is 59.5 Å². The van der Waals surface area contributed by atoms with Gasteiger partial charge in [-0.2, -0.15) is 18.3 Å². The van der Waals surface area contributed by atoms with E-state index in [1.165, 1.54) is 16.7 Å². The fraction of sp³-hybridized carbons (Fsp3) is 0.476. The molecule has 12 nitrogen and oxygen atoms in total. The first-order chi connectivity index (χ1) is 28.2. The summed E-state index contributed by atoms with van der Waals surface area (Å²) in [6.45, 7) is 3.04. The van der Waals surface area contributed by atoms with Crippen molar-refractivity contribution in [2.45, 2.75) is 88.9 Å². The van der Waals surface area contributed by atoms with Crippen molar-refractivity contribution in [2.75, 3.05) is 25.0 Å². The molecule has 5 aromatic rings. The zero-order chi connectivity index (χ0) is 41.6. The van der Waals surface area contributed by atoms with Gasteiger partial charge >= 0.3 is 11.9 Å². The largest absolute Gasteiger partial charge is 0.433 e. The smallest absolute Gasteiger partial charge is 0.320 e. The van der Waals surface area contributed by atoms with Gasteiger partial charge in [-0.05, 0) is 119 Å². The van der Waals surface area contributed by atoms with Gasteiger partial charge in [0.2, 0.25) is 11.8 Å². The van der Waals surface area contributed by atoms with Gasteiger partial charge in [0.05, 0.1) is 28.3 Å². The van der Waals surface area contributed by atoms with Crippen LogP contribution in [0.25, 0.3) is 21.9 Å². The second-order valence-corrected chi connectivity index (χ2v) is 16.2. The van der Waals surface area contributed by atoms with Crippen LogP contribution < -0.4 is 16.3 Å². The molecule has 0 radical (unpaired) electrons. The Morgan fingerprint density at radius 3 is 2.41 bits per heavy atom. The lowest BCUT2D eigenvalue weighted by Gasteiger charge is -2.36. The van der Waals surface area contributed by atoms with E-state index in [9.17, 15) is 41.1 Å². The van der Waals surface area contributed by atoms with E-state index in [4.69, 9.17) is 0 Å². The first kappa shape index (κ1) is 40.3. The van der Waals surface area contributed by atoms with Gasteiger partial charge < -0.3 is 10.2 Å². The third-order valence-corrected chi connectivity index (χ3v) is 12.4. The lowest BCUT2D eigenvalue weighted by molar-refractivity contribution is -0.141. The van der Waals surface area contributed by atoms with Crippen molar-refractivity contribution in [2.24, 2.45) is 18.9 Å². The summed E-state index contributed by atoms with van der Waals surface area (Å²) in [6, 6.07) is 10.7. The Morgan fingerprint density at radius 1 is 0.949 bits per heavy atom. The number of imide groups is 1. The molecule has 3 aromatic heterocycles. The molecule has 0 bridgehead atoms. The molecule has 59 heavy (non-hydrogen) atoms. The minimum absolute atomic E-state index is 0.0802. The van der Waals surface area contributed by atoms with Crippen LogP contribution in [0.5, 0.6) is 0 Å². The molecule has 0 spiro atoms. The summed E-state index contributed by atoms with van der Waals surface area (Å²) < 4.78 is 72.6. The number of halogens is 5. The number of nitrogens with one attached hydrogen (secondary N) is 2. The molecule has 3 fully saturated rings. The predicted molar refractivity (Wildman–Crippen MR) is 209 cm³/mol. The van der Waals surface area contributed by atoms with Crippen molar-refractivity contribution < 1.29 is 36.3 Å². The molecular formula is C42H45F5N8O4. The first-order valence-corrected chi connectivity index (χ1v) is 20.1. The van der Waals surface area contributed by atoms with E-state index in [1.54, 1.807) is 17.8 Å². The number of nitrogens with zero attached hydrogens (tertiary/aromatic N) is 6. The first-order valence-electron chi connectivity index (χ1n) is 20.1. The van der Waals surface area contributed by atoms with Crippen LogP contribution in [0.2, 0.25) is 0 Å². The second kappa shape index (κ2) is 16.3. The molecular weight excluding hydrogens is 776 g/mol. The van der Waals surface area contributed by atoms with Crippen LogP contribution in [0.1, 0.15) is 104 Å². The van der Waals surface area contributed by atoms with E-state index in [2.05, 4.69) is 31.7 Å². The second-order valence-electron chi connectivity index (χ2n) is 16.2. The topological polar surface area (TPSA) is 136 Å². The maximum absolute atomic E-state index is 14.1. The van der Waals surface area contributed by atoms with Gasteiger partial charge in [-0.15, -0.1) is 0 Å². The van der Waals surface area contributed by atoms with Crippen LogP contribution in [-0.4, -0.2) is 66.2 Å². The van der Waals surface area contributed by atoms with Crippen molar-refractivity contribution >= 4 is 45.3 Å². The minimum Gasteiger partial charge on any atom is -0.320 e. The number of pyridine rings is 1. The molecule has 2 aliphatic heterocycles. The Bertz CT molecular complexity index is 2460. The van der Waals surface area contributed by atoms with E-state index >= 15 is 0 Å². The number of benzene rings is 2. The molecule has 1 unspecified atom stereocenters. The number of para-hydroxylation sites is 1. The standard InChI is InChI=1S/C42H45F5N8O4/c1-52-37-26(4-2-6-33(37)55(41(52)59)34-14-15-36(56)50-40(34)58)11-8-24-16-18-53(19-17-24)22-25-9-12-28(13-10-25)54-23-27-20-32(29(38(43)44)21-31(27)51-54)49-39(57)30-5-3-7-35(48-30)42(45,46)47/h2-7,20-21,23-25,28,34,38H,8-19,22H2,1H3,(H,49,57)(H,50,56,58)/t25-,28-,34?. The average molecular weight is 821 g/mol. The zero-order valence-corrected chi connectivity index (χ0v) is 32.5. The highest BCUT2D eigenvalue weighted by Crippen LogP contribution is 2.37. The van der Waals surface area contributed by atoms with E-state index in [1.807, 2.05) is 16.8 Å². The average Bonchev–Trinajstić information content (AvgIpc) is 3.74. The molecule has 5 heterocycles. The van der Waals surface area contributed by atoms with Crippen LogP contribution in [0, 0.1) is 11.8 Å². The van der Waals surface area contributed by atoms with Crippen LogP contribution in [0.4, 0.5) is 27.6 Å². The van der Waals surface area contributed by atoms with E-state index in [-0.39, 0.29) is 29.7 Å². The molecule has 8 rings (SSSR count). The molecule has 17 heteroatoms. The highest BCUT2D eigenvalue weighted by molar-refractivity contribution is 6.04. The summed E-state index contributed by atoms with van der Waals surface area (Å²) in [5, 5.41) is 9.84. The van der Waals surface area contributed by atoms with Crippen molar-refractivity contribution in [1.82, 2.24) is 34.1 Å². The Labute approximate surface area is 335 Å². The number of rotatable bonds is 10. The lowest BCUT2D eigenvalue weighted by Crippen LogP contribution is -2.44. The van der Waals surface area contributed by atoms with E-state index < -0.39 is 47.4 Å². The summed E-state index contributed by atoms with van der Waals surface area (Å²) in [6.07, 6.45) is 2.26. The summed E-state index contributed by atoms with van der Waals surface area (Å²) in [5.41, 5.74) is 0.199. The van der Waals surface area contributed by atoms with Crippen molar-refractivity contribution in [1.29, 1.82) is 0 Å². The number of alkyl halides is 5. The molecule has 1 atom stereocenters. The number of amides is 3. The molecule has 3 amide bonds. The fourth-order valence-corrected chi connectivity index (χ4v) is 9.21. The quantitative estimate of drug-likeness (QED) is 0.111. The third kappa shape index (κ3) is 8.38. The van der Waals surface area contributed by atoms with Gasteiger partial charge in [-0.25, -0.2) is 18.6 Å². The Kier molecular flexibility index (Phi) is 11.1. The monoisotopic (exact) mass is 820 g/mol.